The summed E-state index contributed by atoms with van der Waals surface area (Å²) in [5, 5.41) is 2.72. The fourth-order valence-electron chi connectivity index (χ4n) is 3.44. The van der Waals surface area contributed by atoms with Crippen molar-refractivity contribution in [1.82, 2.24) is 9.38 Å². The van der Waals surface area contributed by atoms with Gasteiger partial charge in [-0.05, 0) is 48.5 Å². The van der Waals surface area contributed by atoms with Crippen LogP contribution in [0.1, 0.15) is 11.3 Å². The van der Waals surface area contributed by atoms with Gasteiger partial charge in [0.1, 0.15) is 17.5 Å². The van der Waals surface area contributed by atoms with Crippen LogP contribution in [0.3, 0.4) is 0 Å². The van der Waals surface area contributed by atoms with Gasteiger partial charge in [-0.2, -0.15) is 0 Å². The number of nitrogens with one attached hydrogen (secondary N) is 1. The first-order valence-corrected chi connectivity index (χ1v) is 8.67. The maximum absolute atomic E-state index is 14.3. The summed E-state index contributed by atoms with van der Waals surface area (Å²) in [5.74, 6) is -0.713. The lowest BCUT2D eigenvalue weighted by molar-refractivity contribution is -0.110. The number of benzene rings is 2. The molecule has 0 saturated carbocycles. The molecule has 2 aromatic heterocycles. The number of nitrogens with zero attached hydrogens (tertiary/aromatic N) is 2. The molecule has 0 spiro atoms. The van der Waals surface area contributed by atoms with Gasteiger partial charge < -0.3 is 5.32 Å². The second kappa shape index (κ2) is 6.13. The fourth-order valence-corrected chi connectivity index (χ4v) is 3.44. The fraction of sp³-hybridized carbons (Fsp3) is 0. The van der Waals surface area contributed by atoms with Gasteiger partial charge >= 0.3 is 0 Å². The van der Waals surface area contributed by atoms with Gasteiger partial charge in [-0.15, -0.1) is 0 Å². The molecule has 1 aliphatic rings. The van der Waals surface area contributed by atoms with Gasteiger partial charge in [0.25, 0.3) is 5.91 Å². The minimum atomic E-state index is -0.428. The van der Waals surface area contributed by atoms with E-state index in [9.17, 15) is 13.6 Å². The van der Waals surface area contributed by atoms with Crippen molar-refractivity contribution >= 4 is 28.8 Å². The molecular formula is C22H13F2N3O. The molecule has 0 atom stereocenters. The molecule has 4 nitrogen and oxygen atoms in total. The van der Waals surface area contributed by atoms with E-state index >= 15 is 0 Å². The predicted molar refractivity (Wildman–Crippen MR) is 103 cm³/mol. The topological polar surface area (TPSA) is 46.4 Å². The Morgan fingerprint density at radius 1 is 0.964 bits per heavy atom. The summed E-state index contributed by atoms with van der Waals surface area (Å²) >= 11 is 0. The molecule has 0 radical (unpaired) electrons. The zero-order valence-electron chi connectivity index (χ0n) is 14.5. The first-order valence-electron chi connectivity index (χ1n) is 8.67. The van der Waals surface area contributed by atoms with E-state index in [2.05, 4.69) is 10.3 Å². The maximum atomic E-state index is 14.3. The van der Waals surface area contributed by atoms with E-state index in [0.29, 0.717) is 39.4 Å². The zero-order chi connectivity index (χ0) is 19.3. The van der Waals surface area contributed by atoms with Crippen molar-refractivity contribution in [3.05, 3.63) is 89.8 Å². The largest absolute Gasteiger partial charge is 0.321 e. The van der Waals surface area contributed by atoms with Crippen LogP contribution in [0, 0.1) is 11.6 Å². The van der Waals surface area contributed by atoms with Gasteiger partial charge in [0.15, 0.2) is 0 Å². The molecule has 5 rings (SSSR count). The number of amides is 1. The smallest absolute Gasteiger partial charge is 0.256 e. The monoisotopic (exact) mass is 373 g/mol. The molecule has 28 heavy (non-hydrogen) atoms. The highest BCUT2D eigenvalue weighted by Crippen LogP contribution is 2.35. The van der Waals surface area contributed by atoms with E-state index in [-0.39, 0.29) is 11.7 Å². The summed E-state index contributed by atoms with van der Waals surface area (Å²) in [6, 6.07) is 16.0. The molecule has 1 aliphatic heterocycles. The molecule has 0 unspecified atom stereocenters. The second-order valence-corrected chi connectivity index (χ2v) is 6.46. The van der Waals surface area contributed by atoms with Crippen molar-refractivity contribution in [3.63, 3.8) is 0 Å². The van der Waals surface area contributed by atoms with Crippen molar-refractivity contribution in [3.8, 4) is 11.4 Å². The Kier molecular flexibility index (Phi) is 3.58. The number of aromatic nitrogens is 2. The molecule has 0 bridgehead atoms. The molecule has 1 N–H and O–H groups in total. The Morgan fingerprint density at radius 2 is 1.79 bits per heavy atom. The number of rotatable bonds is 2. The van der Waals surface area contributed by atoms with Crippen molar-refractivity contribution < 1.29 is 13.6 Å². The number of fused-ring (bicyclic) bond motifs is 2. The summed E-state index contributed by atoms with van der Waals surface area (Å²) in [6.07, 6.45) is 3.40. The average Bonchev–Trinajstić information content (AvgIpc) is 3.21. The summed E-state index contributed by atoms with van der Waals surface area (Å²) in [5.41, 5.74) is 2.92. The normalized spacial score (nSPS) is 14.5. The van der Waals surface area contributed by atoms with Crippen molar-refractivity contribution in [2.75, 3.05) is 5.32 Å². The number of hydrogen-bond acceptors (Lipinski definition) is 2. The molecular weight excluding hydrogens is 360 g/mol. The van der Waals surface area contributed by atoms with Gasteiger partial charge in [0.2, 0.25) is 0 Å². The number of halogens is 2. The highest BCUT2D eigenvalue weighted by molar-refractivity contribution is 6.35. The third kappa shape index (κ3) is 2.50. The molecule has 136 valence electrons. The highest BCUT2D eigenvalue weighted by atomic mass is 19.1. The van der Waals surface area contributed by atoms with Crippen LogP contribution < -0.4 is 5.32 Å². The van der Waals surface area contributed by atoms with E-state index in [1.54, 1.807) is 34.9 Å². The zero-order valence-corrected chi connectivity index (χ0v) is 14.5. The average molecular weight is 373 g/mol. The third-order valence-corrected chi connectivity index (χ3v) is 4.74. The van der Waals surface area contributed by atoms with E-state index in [0.717, 1.165) is 0 Å². The minimum Gasteiger partial charge on any atom is -0.321 e. The van der Waals surface area contributed by atoms with E-state index in [4.69, 9.17) is 0 Å². The molecule has 0 saturated heterocycles. The maximum Gasteiger partial charge on any atom is 0.256 e. The third-order valence-electron chi connectivity index (χ3n) is 4.74. The summed E-state index contributed by atoms with van der Waals surface area (Å²) < 4.78 is 29.8. The first kappa shape index (κ1) is 16.4. The lowest BCUT2D eigenvalue weighted by Gasteiger charge is -2.01. The Bertz CT molecular complexity index is 1290. The van der Waals surface area contributed by atoms with Crippen molar-refractivity contribution in [2.45, 2.75) is 0 Å². The van der Waals surface area contributed by atoms with Crippen LogP contribution in [-0.2, 0) is 4.79 Å². The molecule has 3 heterocycles. The standard InChI is InChI=1S/C22H13F2N3O/c23-13-8-9-18-15(11-13)16(22(28)26-18)12-19-20-7-3-4-10-27(20)21(25-19)14-5-1-2-6-17(14)24/h1-12H,(H,26,28)/b16-12+. The Morgan fingerprint density at radius 3 is 2.64 bits per heavy atom. The van der Waals surface area contributed by atoms with Crippen LogP contribution in [-0.4, -0.2) is 15.3 Å². The van der Waals surface area contributed by atoms with Crippen LogP contribution in [0.25, 0.3) is 28.6 Å². The molecule has 2 aromatic carbocycles. The number of carbonyl (C=O) groups excluding carboxylic acids is 1. The second-order valence-electron chi connectivity index (χ2n) is 6.46. The number of anilines is 1. The quantitative estimate of drug-likeness (QED) is 0.515. The Balaban J connectivity index is 1.74. The van der Waals surface area contributed by atoms with Crippen LogP contribution in [0.5, 0.6) is 0 Å². The van der Waals surface area contributed by atoms with E-state index in [1.807, 2.05) is 18.2 Å². The molecule has 0 fully saturated rings. The van der Waals surface area contributed by atoms with Gasteiger partial charge in [0, 0.05) is 17.4 Å². The number of carbonyl (C=O) groups is 1. The summed E-state index contributed by atoms with van der Waals surface area (Å²) in [4.78, 5) is 17.0. The van der Waals surface area contributed by atoms with E-state index in [1.165, 1.54) is 24.3 Å². The van der Waals surface area contributed by atoms with Crippen LogP contribution in [0.2, 0.25) is 0 Å². The van der Waals surface area contributed by atoms with Gasteiger partial charge in [-0.25, -0.2) is 13.8 Å². The van der Waals surface area contributed by atoms with Crippen LogP contribution in [0.15, 0.2) is 66.9 Å². The lowest BCUT2D eigenvalue weighted by atomic mass is 10.1. The number of pyridine rings is 1. The van der Waals surface area contributed by atoms with Crippen LogP contribution in [0.4, 0.5) is 14.5 Å². The van der Waals surface area contributed by atoms with E-state index < -0.39 is 5.82 Å². The highest BCUT2D eigenvalue weighted by Gasteiger charge is 2.25. The van der Waals surface area contributed by atoms with Gasteiger partial charge in [0.05, 0.1) is 22.3 Å². The van der Waals surface area contributed by atoms with Crippen LogP contribution >= 0.6 is 0 Å². The molecule has 0 aliphatic carbocycles. The molecule has 4 aromatic rings. The summed E-state index contributed by atoms with van der Waals surface area (Å²) in [6.45, 7) is 0. The van der Waals surface area contributed by atoms with Crippen molar-refractivity contribution in [2.24, 2.45) is 0 Å². The predicted octanol–water partition coefficient (Wildman–Crippen LogP) is 4.77. The Labute approximate surface area is 158 Å². The van der Waals surface area contributed by atoms with Gasteiger partial charge in [-0.3, -0.25) is 9.20 Å². The lowest BCUT2D eigenvalue weighted by Crippen LogP contribution is -2.03. The summed E-state index contributed by atoms with van der Waals surface area (Å²) in [7, 11) is 0. The van der Waals surface area contributed by atoms with Crippen molar-refractivity contribution in [1.29, 1.82) is 0 Å². The molecule has 6 heteroatoms. The number of imidazole rings is 1. The SMILES string of the molecule is O=C1Nc2ccc(F)cc2/C1=C\c1nc(-c2ccccc2F)n2ccccc12. The molecule has 1 amide bonds. The van der Waals surface area contributed by atoms with Gasteiger partial charge in [-0.1, -0.05) is 18.2 Å². The minimum absolute atomic E-state index is 0.318. The first-order chi connectivity index (χ1) is 13.6. The number of hydrogen-bond donors (Lipinski definition) is 1. The Hall–Kier alpha value is -3.80.